The van der Waals surface area contributed by atoms with Gasteiger partial charge in [-0.1, -0.05) is 43.5 Å². The van der Waals surface area contributed by atoms with Gasteiger partial charge in [-0.15, -0.1) is 0 Å². The Kier molecular flexibility index (Phi) is 9.73. The smallest absolute Gasteiger partial charge is 0.407 e. The Labute approximate surface area is 317 Å². The van der Waals surface area contributed by atoms with E-state index in [1.807, 2.05) is 12.2 Å². The third kappa shape index (κ3) is 7.60. The fraction of sp³-hybridized carbons (Fsp3) is 0.632. The number of hydrogen-bond donors (Lipinski definition) is 3. The van der Waals surface area contributed by atoms with Gasteiger partial charge in [0.05, 0.1) is 35.4 Å². The number of alkyl halides is 2. The SMILES string of the molecule is O=C1N[C@H]2CCCCC/C=C/[C@@H]3C[C@@]3(C(=O)NS(=O)(=O)C3CC3)NC(=O)C3CN(C[C@@H]3Oc3nc4ccccc4nc3C(F)(F)CCC3(CCC3)CO1)C2=O. The Bertz CT molecular complexity index is 2020. The number of ether oxygens (including phenoxy) is 2. The van der Waals surface area contributed by atoms with Crippen molar-refractivity contribution in [2.75, 3.05) is 19.7 Å². The number of cyclic esters (lactones) is 1. The lowest BCUT2D eigenvalue weighted by molar-refractivity contribution is -0.134. The summed E-state index contributed by atoms with van der Waals surface area (Å²) < 4.78 is 72.7. The van der Waals surface area contributed by atoms with Crippen molar-refractivity contribution in [1.29, 1.82) is 0 Å². The highest BCUT2D eigenvalue weighted by Gasteiger charge is 2.62. The minimum atomic E-state index is -3.95. The van der Waals surface area contributed by atoms with Crippen LogP contribution in [0.3, 0.4) is 0 Å². The molecule has 17 heteroatoms. The molecule has 3 aliphatic heterocycles. The molecule has 2 aromatic rings. The summed E-state index contributed by atoms with van der Waals surface area (Å²) in [6, 6.07) is 5.52. The number of amides is 4. The van der Waals surface area contributed by atoms with Gasteiger partial charge in [0, 0.05) is 24.3 Å². The van der Waals surface area contributed by atoms with Gasteiger partial charge in [-0.3, -0.25) is 19.1 Å². The summed E-state index contributed by atoms with van der Waals surface area (Å²) in [6.45, 7) is -0.552. The minimum Gasteiger partial charge on any atom is -0.470 e. The van der Waals surface area contributed by atoms with E-state index in [0.717, 1.165) is 19.3 Å². The van der Waals surface area contributed by atoms with Gasteiger partial charge in [-0.2, -0.15) is 8.78 Å². The van der Waals surface area contributed by atoms with E-state index in [0.29, 0.717) is 44.9 Å². The van der Waals surface area contributed by atoms with Crippen molar-refractivity contribution < 1.29 is 45.9 Å². The van der Waals surface area contributed by atoms with Crippen molar-refractivity contribution in [3.63, 3.8) is 0 Å². The molecule has 1 aromatic heterocycles. The molecular weight excluding hydrogens is 739 g/mol. The van der Waals surface area contributed by atoms with E-state index in [4.69, 9.17) is 9.47 Å². The maximum Gasteiger partial charge on any atom is 0.407 e. The normalized spacial score (nSPS) is 31.6. The van der Waals surface area contributed by atoms with Crippen molar-refractivity contribution in [3.8, 4) is 5.88 Å². The van der Waals surface area contributed by atoms with Crippen molar-refractivity contribution in [2.45, 2.75) is 112 Å². The summed E-state index contributed by atoms with van der Waals surface area (Å²) in [6.07, 6.45) is 7.08. The molecule has 1 saturated heterocycles. The first-order chi connectivity index (χ1) is 26.3. The zero-order valence-corrected chi connectivity index (χ0v) is 31.3. The molecule has 4 heterocycles. The maximum atomic E-state index is 16.4. The van der Waals surface area contributed by atoms with E-state index >= 15 is 8.78 Å². The van der Waals surface area contributed by atoms with Crippen LogP contribution in [0.15, 0.2) is 36.4 Å². The zero-order chi connectivity index (χ0) is 38.6. The second-order valence-electron chi connectivity index (χ2n) is 16.2. The summed E-state index contributed by atoms with van der Waals surface area (Å²) in [5, 5.41) is 4.86. The van der Waals surface area contributed by atoms with E-state index in [9.17, 15) is 27.6 Å². The number of nitrogens with zero attached hydrogens (tertiary/aromatic N) is 3. The second kappa shape index (κ2) is 14.3. The number of aromatic nitrogens is 2. The first kappa shape index (κ1) is 37.5. The van der Waals surface area contributed by atoms with Gasteiger partial charge in [0.25, 0.3) is 11.8 Å². The largest absolute Gasteiger partial charge is 0.470 e. The second-order valence-corrected chi connectivity index (χ2v) is 18.2. The Morgan fingerprint density at radius 1 is 0.945 bits per heavy atom. The lowest BCUT2D eigenvalue weighted by atomic mass is 9.66. The molecule has 6 aliphatic rings. The molecule has 55 heavy (non-hydrogen) atoms. The van der Waals surface area contributed by atoms with E-state index in [2.05, 4.69) is 25.3 Å². The molecule has 14 nitrogen and oxygen atoms in total. The lowest BCUT2D eigenvalue weighted by Crippen LogP contribution is -2.55. The van der Waals surface area contributed by atoms with Crippen LogP contribution in [0, 0.1) is 17.3 Å². The van der Waals surface area contributed by atoms with Crippen molar-refractivity contribution in [3.05, 3.63) is 42.1 Å². The van der Waals surface area contributed by atoms with Crippen molar-refractivity contribution >= 4 is 44.9 Å². The summed E-state index contributed by atoms with van der Waals surface area (Å²) in [4.78, 5) is 65.8. The van der Waals surface area contributed by atoms with E-state index in [1.54, 1.807) is 24.3 Å². The predicted octanol–water partition coefficient (Wildman–Crippen LogP) is 3.99. The Hall–Kier alpha value is -4.41. The van der Waals surface area contributed by atoms with Crippen LogP contribution < -0.4 is 20.1 Å². The molecule has 1 aromatic carbocycles. The van der Waals surface area contributed by atoms with Crippen molar-refractivity contribution in [2.24, 2.45) is 17.3 Å². The number of allylic oxidation sites excluding steroid dienone is 1. The number of benzene rings is 1. The van der Waals surface area contributed by atoms with E-state index in [-0.39, 0.29) is 43.6 Å². The van der Waals surface area contributed by atoms with Crippen LogP contribution in [0.5, 0.6) is 5.88 Å². The molecule has 296 valence electrons. The average Bonchev–Trinajstić information content (AvgIpc) is 4.06. The number of nitrogens with one attached hydrogen (secondary N) is 3. The first-order valence-electron chi connectivity index (χ1n) is 19.4. The average molecular weight is 785 g/mol. The highest BCUT2D eigenvalue weighted by molar-refractivity contribution is 7.91. The van der Waals surface area contributed by atoms with Gasteiger partial charge < -0.3 is 25.0 Å². The molecule has 1 spiro atoms. The van der Waals surface area contributed by atoms with Gasteiger partial charge in [0.2, 0.25) is 27.7 Å². The molecule has 0 radical (unpaired) electrons. The summed E-state index contributed by atoms with van der Waals surface area (Å²) in [5.74, 6) is -7.80. The fourth-order valence-corrected chi connectivity index (χ4v) is 9.73. The third-order valence-electron chi connectivity index (χ3n) is 12.2. The van der Waals surface area contributed by atoms with Gasteiger partial charge in [0.15, 0.2) is 5.69 Å². The zero-order valence-electron chi connectivity index (χ0n) is 30.4. The van der Waals surface area contributed by atoms with Gasteiger partial charge >= 0.3 is 6.09 Å². The van der Waals surface area contributed by atoms with Crippen LogP contribution in [0.4, 0.5) is 13.6 Å². The van der Waals surface area contributed by atoms with Crippen LogP contribution in [-0.4, -0.2) is 89.7 Å². The number of alkyl carbamates (subject to hydrolysis) is 1. The highest BCUT2D eigenvalue weighted by Crippen LogP contribution is 2.50. The van der Waals surface area contributed by atoms with Crippen LogP contribution in [0.25, 0.3) is 11.0 Å². The minimum absolute atomic E-state index is 0.0294. The molecule has 3 saturated carbocycles. The summed E-state index contributed by atoms with van der Waals surface area (Å²) in [5.41, 5.74) is -2.45. The first-order valence-corrected chi connectivity index (χ1v) is 20.9. The third-order valence-corrected chi connectivity index (χ3v) is 14.1. The molecule has 8 rings (SSSR count). The lowest BCUT2D eigenvalue weighted by Gasteiger charge is -2.42. The molecule has 4 amide bonds. The summed E-state index contributed by atoms with van der Waals surface area (Å²) >= 11 is 0. The van der Waals surface area contributed by atoms with Crippen LogP contribution in [-0.2, 0) is 35.1 Å². The predicted molar refractivity (Wildman–Crippen MR) is 193 cm³/mol. The molecule has 3 N–H and O–H groups in total. The number of rotatable bonds is 3. The molecule has 1 unspecified atom stereocenters. The standard InChI is InChI=1S/C38H46F2N6O8S/c39-38(40)18-17-36(15-8-16-36)22-53-35(50)43-28-12-5-3-1-2-4-9-23-19-37(23,34(49)45-55(51,52)24-13-14-24)44-31(47)25-20-46(33(28)48)21-29(25)54-32-30(38)41-26-10-6-7-11-27(26)42-32/h4,6-7,9-11,23-25,28-29H,1-3,5,8,12-22H2,(H,43,50)(H,44,47)(H,45,49)/b9-4+/t23-,25?,28+,29+,37-/m1/s1. The van der Waals surface area contributed by atoms with Gasteiger partial charge in [0.1, 0.15) is 17.7 Å². The quantitative estimate of drug-likeness (QED) is 0.385. The maximum absolute atomic E-state index is 16.4. The highest BCUT2D eigenvalue weighted by atomic mass is 32.2. The Balaban J connectivity index is 1.18. The molecule has 4 fully saturated rings. The van der Waals surface area contributed by atoms with Crippen LogP contribution >= 0.6 is 0 Å². The van der Waals surface area contributed by atoms with Gasteiger partial charge in [-0.05, 0) is 69.9 Å². The number of para-hydroxylation sites is 2. The fourth-order valence-electron chi connectivity index (χ4n) is 8.36. The number of hydrogen-bond acceptors (Lipinski definition) is 10. The van der Waals surface area contributed by atoms with Crippen LogP contribution in [0.2, 0.25) is 0 Å². The Morgan fingerprint density at radius 3 is 2.44 bits per heavy atom. The molecule has 3 aliphatic carbocycles. The Morgan fingerprint density at radius 2 is 1.71 bits per heavy atom. The molecular formula is C38H46F2N6O8S. The van der Waals surface area contributed by atoms with Crippen LogP contribution in [0.1, 0.15) is 89.2 Å². The topological polar surface area (TPSA) is 186 Å². The van der Waals surface area contributed by atoms with E-state index < -0.39 is 97.9 Å². The number of sulfonamides is 1. The number of fused-ring (bicyclic) bond motifs is 7. The number of carbonyl (C=O) groups is 4. The number of carbonyl (C=O) groups excluding carboxylic acids is 4. The van der Waals surface area contributed by atoms with E-state index in [1.165, 1.54) is 4.90 Å². The monoisotopic (exact) mass is 784 g/mol. The van der Waals surface area contributed by atoms with Crippen molar-refractivity contribution in [1.82, 2.24) is 30.2 Å². The summed E-state index contributed by atoms with van der Waals surface area (Å²) in [7, 11) is -3.95. The van der Waals surface area contributed by atoms with Gasteiger partial charge in [-0.25, -0.2) is 23.2 Å². The number of halogens is 2. The molecule has 5 atom stereocenters. The molecule has 4 bridgehead atoms.